The summed E-state index contributed by atoms with van der Waals surface area (Å²) < 4.78 is 4.86. The van der Waals surface area contributed by atoms with Crippen molar-refractivity contribution in [1.29, 1.82) is 0 Å². The summed E-state index contributed by atoms with van der Waals surface area (Å²) in [5, 5.41) is 11.2. The van der Waals surface area contributed by atoms with Crippen molar-refractivity contribution in [1.82, 2.24) is 4.90 Å². The number of carbonyl (C=O) groups excluding carboxylic acids is 3. The quantitative estimate of drug-likeness (QED) is 0.363. The van der Waals surface area contributed by atoms with Crippen LogP contribution in [0, 0.1) is 10.1 Å². The topological polar surface area (TPSA) is 107 Å². The molecule has 0 radical (unpaired) electrons. The largest absolute Gasteiger partial charge is 0.467 e. The minimum absolute atomic E-state index is 0.0388. The summed E-state index contributed by atoms with van der Waals surface area (Å²) in [7, 11) is 1.21. The third-order valence-electron chi connectivity index (χ3n) is 4.76. The molecule has 1 aromatic rings. The molecule has 0 saturated heterocycles. The van der Waals surface area contributed by atoms with Crippen molar-refractivity contribution in [3.05, 3.63) is 39.4 Å². The molecule has 1 fully saturated rings. The number of carbonyl (C=O) groups is 3. The van der Waals surface area contributed by atoms with Crippen LogP contribution in [0.5, 0.6) is 0 Å². The number of benzene rings is 1. The SMILES string of the molecule is COC(=O)C1(N2C(=O)c3cccc([N+](=O)[O-])c3C2=O)CCCCC1. The van der Waals surface area contributed by atoms with Gasteiger partial charge in [-0.25, -0.2) is 4.79 Å². The second-order valence-corrected chi connectivity index (χ2v) is 5.99. The molecule has 0 N–H and O–H groups in total. The van der Waals surface area contributed by atoms with Crippen LogP contribution < -0.4 is 0 Å². The number of hydrogen-bond acceptors (Lipinski definition) is 6. The number of nitro benzene ring substituents is 1. The van der Waals surface area contributed by atoms with Crippen LogP contribution in [0.15, 0.2) is 18.2 Å². The molecule has 1 aromatic carbocycles. The fraction of sp³-hybridized carbons (Fsp3) is 0.438. The zero-order chi connectivity index (χ0) is 17.5. The van der Waals surface area contributed by atoms with Crippen molar-refractivity contribution >= 4 is 23.5 Å². The van der Waals surface area contributed by atoms with Gasteiger partial charge in [-0.05, 0) is 18.9 Å². The van der Waals surface area contributed by atoms with E-state index in [0.29, 0.717) is 25.7 Å². The standard InChI is InChI=1S/C16H16N2O6/c1-24-15(21)16(8-3-2-4-9-16)17-13(19)10-6-5-7-11(18(22)23)12(10)14(17)20/h5-7H,2-4,8-9H2,1H3. The molecule has 8 heteroatoms. The second kappa shape index (κ2) is 5.70. The first-order valence-corrected chi connectivity index (χ1v) is 7.69. The molecule has 1 heterocycles. The first-order chi connectivity index (χ1) is 11.4. The smallest absolute Gasteiger partial charge is 0.332 e. The molecule has 0 aromatic heterocycles. The van der Waals surface area contributed by atoms with E-state index in [-0.39, 0.29) is 11.1 Å². The number of esters is 1. The van der Waals surface area contributed by atoms with Crippen molar-refractivity contribution in [2.75, 3.05) is 7.11 Å². The third-order valence-corrected chi connectivity index (χ3v) is 4.76. The third kappa shape index (κ3) is 2.10. The normalized spacial score (nSPS) is 19.1. The van der Waals surface area contributed by atoms with Gasteiger partial charge in [0.05, 0.1) is 17.6 Å². The Morgan fingerprint density at radius 2 is 1.88 bits per heavy atom. The van der Waals surface area contributed by atoms with E-state index in [2.05, 4.69) is 0 Å². The van der Waals surface area contributed by atoms with Gasteiger partial charge in [0.25, 0.3) is 17.5 Å². The maximum atomic E-state index is 12.9. The molecule has 0 atom stereocenters. The Morgan fingerprint density at radius 3 is 2.46 bits per heavy atom. The van der Waals surface area contributed by atoms with Gasteiger partial charge in [0.15, 0.2) is 0 Å². The lowest BCUT2D eigenvalue weighted by molar-refractivity contribution is -0.385. The van der Waals surface area contributed by atoms with Crippen LogP contribution in [0.2, 0.25) is 0 Å². The summed E-state index contributed by atoms with van der Waals surface area (Å²) in [6, 6.07) is 3.91. The zero-order valence-electron chi connectivity index (χ0n) is 13.1. The molecule has 0 unspecified atom stereocenters. The molecule has 8 nitrogen and oxygen atoms in total. The van der Waals surface area contributed by atoms with Crippen molar-refractivity contribution < 1.29 is 24.0 Å². The van der Waals surface area contributed by atoms with Crippen molar-refractivity contribution in [2.24, 2.45) is 0 Å². The molecule has 0 spiro atoms. The van der Waals surface area contributed by atoms with E-state index in [4.69, 9.17) is 4.74 Å². The van der Waals surface area contributed by atoms with E-state index in [1.54, 1.807) is 0 Å². The average Bonchev–Trinajstić information content (AvgIpc) is 2.86. The number of nitrogens with zero attached hydrogens (tertiary/aromatic N) is 2. The number of nitro groups is 1. The summed E-state index contributed by atoms with van der Waals surface area (Å²) >= 11 is 0. The van der Waals surface area contributed by atoms with E-state index in [0.717, 1.165) is 11.3 Å². The molecule has 3 rings (SSSR count). The van der Waals surface area contributed by atoms with Crippen LogP contribution in [0.1, 0.15) is 52.8 Å². The molecular weight excluding hydrogens is 316 g/mol. The Labute approximate surface area is 137 Å². The Bertz CT molecular complexity index is 751. The highest BCUT2D eigenvalue weighted by Gasteiger charge is 2.56. The van der Waals surface area contributed by atoms with E-state index in [9.17, 15) is 24.5 Å². The first-order valence-electron chi connectivity index (χ1n) is 7.69. The molecule has 2 aliphatic rings. The summed E-state index contributed by atoms with van der Waals surface area (Å²) in [4.78, 5) is 49.5. The Hall–Kier alpha value is -2.77. The number of methoxy groups -OCH3 is 1. The monoisotopic (exact) mass is 332 g/mol. The van der Waals surface area contributed by atoms with Gasteiger partial charge in [0.1, 0.15) is 11.1 Å². The van der Waals surface area contributed by atoms with Crippen molar-refractivity contribution in [3.63, 3.8) is 0 Å². The number of imide groups is 1. The predicted octanol–water partition coefficient (Wildman–Crippen LogP) is 2.07. The first kappa shape index (κ1) is 16.1. The number of fused-ring (bicyclic) bond motifs is 1. The van der Waals surface area contributed by atoms with E-state index >= 15 is 0 Å². The van der Waals surface area contributed by atoms with Crippen LogP contribution >= 0.6 is 0 Å². The maximum absolute atomic E-state index is 12.9. The minimum Gasteiger partial charge on any atom is -0.467 e. The lowest BCUT2D eigenvalue weighted by Gasteiger charge is -2.40. The van der Waals surface area contributed by atoms with Gasteiger partial charge >= 0.3 is 5.97 Å². The van der Waals surface area contributed by atoms with Gasteiger partial charge in [-0.3, -0.25) is 24.6 Å². The van der Waals surface area contributed by atoms with Gasteiger partial charge in [0, 0.05) is 6.07 Å². The molecule has 24 heavy (non-hydrogen) atoms. The molecule has 0 bridgehead atoms. The highest BCUT2D eigenvalue weighted by molar-refractivity contribution is 6.25. The van der Waals surface area contributed by atoms with Crippen LogP contribution in [0.3, 0.4) is 0 Å². The fourth-order valence-corrected chi connectivity index (χ4v) is 3.65. The summed E-state index contributed by atoms with van der Waals surface area (Å²) in [5.41, 5.74) is -2.10. The summed E-state index contributed by atoms with van der Waals surface area (Å²) in [6.07, 6.45) is 2.84. The van der Waals surface area contributed by atoms with Crippen LogP contribution in [-0.4, -0.2) is 40.3 Å². The predicted molar refractivity (Wildman–Crippen MR) is 81.4 cm³/mol. The lowest BCUT2D eigenvalue weighted by Crippen LogP contribution is -2.58. The molecule has 1 aliphatic carbocycles. The molecular formula is C16H16N2O6. The molecule has 126 valence electrons. The Kier molecular flexibility index (Phi) is 3.82. The van der Waals surface area contributed by atoms with Gasteiger partial charge in [-0.1, -0.05) is 25.3 Å². The number of amides is 2. The van der Waals surface area contributed by atoms with Crippen LogP contribution in [-0.2, 0) is 9.53 Å². The van der Waals surface area contributed by atoms with E-state index in [1.807, 2.05) is 0 Å². The number of ether oxygens (including phenoxy) is 1. The maximum Gasteiger partial charge on any atom is 0.332 e. The number of rotatable bonds is 3. The molecule has 1 aliphatic heterocycles. The van der Waals surface area contributed by atoms with Crippen molar-refractivity contribution in [3.8, 4) is 0 Å². The van der Waals surface area contributed by atoms with E-state index < -0.39 is 33.9 Å². The van der Waals surface area contributed by atoms with Gasteiger partial charge in [-0.15, -0.1) is 0 Å². The van der Waals surface area contributed by atoms with Crippen LogP contribution in [0.4, 0.5) is 5.69 Å². The van der Waals surface area contributed by atoms with E-state index in [1.165, 1.54) is 25.3 Å². The van der Waals surface area contributed by atoms with Gasteiger partial charge in [0.2, 0.25) is 0 Å². The highest BCUT2D eigenvalue weighted by atomic mass is 16.6. The minimum atomic E-state index is -1.38. The Morgan fingerprint density at radius 1 is 1.21 bits per heavy atom. The molecule has 1 saturated carbocycles. The fourth-order valence-electron chi connectivity index (χ4n) is 3.65. The van der Waals surface area contributed by atoms with Crippen molar-refractivity contribution in [2.45, 2.75) is 37.6 Å². The second-order valence-electron chi connectivity index (χ2n) is 5.99. The Balaban J connectivity index is 2.14. The van der Waals surface area contributed by atoms with Crippen LogP contribution in [0.25, 0.3) is 0 Å². The summed E-state index contributed by atoms with van der Waals surface area (Å²) in [6.45, 7) is 0. The van der Waals surface area contributed by atoms with Gasteiger partial charge < -0.3 is 4.74 Å². The summed E-state index contributed by atoms with van der Waals surface area (Å²) in [5.74, 6) is -2.13. The highest BCUT2D eigenvalue weighted by Crippen LogP contribution is 2.41. The van der Waals surface area contributed by atoms with Gasteiger partial charge in [-0.2, -0.15) is 0 Å². The molecule has 2 amide bonds. The average molecular weight is 332 g/mol. The number of hydrogen-bond donors (Lipinski definition) is 0. The zero-order valence-corrected chi connectivity index (χ0v) is 13.1. The lowest BCUT2D eigenvalue weighted by atomic mass is 9.80.